The first-order valence-corrected chi connectivity index (χ1v) is 6.78. The van der Waals surface area contributed by atoms with Gasteiger partial charge in [-0.15, -0.1) is 0 Å². The van der Waals surface area contributed by atoms with E-state index in [2.05, 4.69) is 15.4 Å². The fourth-order valence-electron chi connectivity index (χ4n) is 2.69. The first-order chi connectivity index (χ1) is 9.13. The summed E-state index contributed by atoms with van der Waals surface area (Å²) in [6.07, 6.45) is 5.08. The lowest BCUT2D eigenvalue weighted by Crippen LogP contribution is -2.35. The van der Waals surface area contributed by atoms with Crippen molar-refractivity contribution in [2.45, 2.75) is 51.6 Å². The zero-order valence-corrected chi connectivity index (χ0v) is 11.5. The summed E-state index contributed by atoms with van der Waals surface area (Å²) >= 11 is 0. The highest BCUT2D eigenvalue weighted by atomic mass is 19.1. The molecule has 1 saturated carbocycles. The number of nitrogens with two attached hydrogens (primary N) is 1. The molecule has 1 aromatic heterocycles. The summed E-state index contributed by atoms with van der Waals surface area (Å²) in [4.78, 5) is 8.51. The molecule has 2 rings (SSSR count). The van der Waals surface area contributed by atoms with Crippen LogP contribution in [0, 0.1) is 12.7 Å². The van der Waals surface area contributed by atoms with E-state index in [-0.39, 0.29) is 5.82 Å². The van der Waals surface area contributed by atoms with Gasteiger partial charge in [-0.05, 0) is 26.7 Å². The molecule has 19 heavy (non-hydrogen) atoms. The molecular weight excluding hydrogens is 247 g/mol. The summed E-state index contributed by atoms with van der Waals surface area (Å²) in [5.74, 6) is 5.39. The van der Waals surface area contributed by atoms with Crippen molar-refractivity contribution in [2.24, 2.45) is 5.84 Å². The lowest BCUT2D eigenvalue weighted by molar-refractivity contribution is -0.0767. The Morgan fingerprint density at radius 1 is 1.32 bits per heavy atom. The van der Waals surface area contributed by atoms with Crippen LogP contribution in [0.1, 0.15) is 50.5 Å². The molecule has 0 unspecified atom stereocenters. The van der Waals surface area contributed by atoms with Gasteiger partial charge in [0.15, 0.2) is 17.5 Å². The van der Waals surface area contributed by atoms with Crippen LogP contribution in [-0.4, -0.2) is 16.6 Å². The molecule has 0 spiro atoms. The molecule has 3 N–H and O–H groups in total. The second-order valence-corrected chi connectivity index (χ2v) is 4.93. The predicted octanol–water partition coefficient (Wildman–Crippen LogP) is 2.41. The van der Waals surface area contributed by atoms with Crippen molar-refractivity contribution < 1.29 is 9.13 Å². The van der Waals surface area contributed by atoms with Gasteiger partial charge in [0.1, 0.15) is 5.60 Å². The van der Waals surface area contributed by atoms with E-state index >= 15 is 0 Å². The number of halogens is 1. The number of hydrazine groups is 1. The number of nitrogens with zero attached hydrogens (tertiary/aromatic N) is 2. The highest BCUT2D eigenvalue weighted by molar-refractivity contribution is 5.37. The SMILES string of the molecule is CCOC1(c2nc(C)c(F)c(NN)n2)CCCCC1. The molecule has 0 amide bonds. The number of hydrogen-bond acceptors (Lipinski definition) is 5. The summed E-state index contributed by atoms with van der Waals surface area (Å²) in [5, 5.41) is 0. The van der Waals surface area contributed by atoms with Crippen molar-refractivity contribution in [3.05, 3.63) is 17.3 Å². The zero-order valence-electron chi connectivity index (χ0n) is 11.5. The van der Waals surface area contributed by atoms with Gasteiger partial charge in [-0.1, -0.05) is 19.3 Å². The summed E-state index contributed by atoms with van der Waals surface area (Å²) in [5.41, 5.74) is 2.10. The monoisotopic (exact) mass is 268 g/mol. The van der Waals surface area contributed by atoms with E-state index in [0.717, 1.165) is 25.7 Å². The van der Waals surface area contributed by atoms with E-state index < -0.39 is 11.4 Å². The molecule has 1 aliphatic carbocycles. The van der Waals surface area contributed by atoms with Gasteiger partial charge in [-0.3, -0.25) is 0 Å². The van der Waals surface area contributed by atoms with E-state index in [1.807, 2.05) is 6.92 Å². The van der Waals surface area contributed by atoms with Gasteiger partial charge in [-0.2, -0.15) is 0 Å². The number of nitrogen functional groups attached to an aromatic ring is 1. The normalized spacial score (nSPS) is 18.3. The van der Waals surface area contributed by atoms with E-state index in [4.69, 9.17) is 10.6 Å². The van der Waals surface area contributed by atoms with Gasteiger partial charge in [0.25, 0.3) is 0 Å². The Hall–Kier alpha value is -1.27. The van der Waals surface area contributed by atoms with Gasteiger partial charge in [0.05, 0.1) is 5.69 Å². The third-order valence-corrected chi connectivity index (χ3v) is 3.64. The standard InChI is InChI=1S/C13H21FN4O/c1-3-19-13(7-5-4-6-8-13)12-16-9(2)10(14)11(17-12)18-15/h3-8,15H2,1-2H3,(H,16,17,18). The molecule has 0 saturated heterocycles. The number of hydrogen-bond donors (Lipinski definition) is 2. The van der Waals surface area contributed by atoms with Crippen molar-refractivity contribution in [1.29, 1.82) is 0 Å². The van der Waals surface area contributed by atoms with Crippen molar-refractivity contribution in [1.82, 2.24) is 9.97 Å². The Balaban J connectivity index is 2.44. The largest absolute Gasteiger partial charge is 0.367 e. The lowest BCUT2D eigenvalue weighted by atomic mass is 9.83. The Kier molecular flexibility index (Phi) is 4.31. The number of nitrogens with one attached hydrogen (secondary N) is 1. The maximum Gasteiger partial charge on any atom is 0.187 e. The van der Waals surface area contributed by atoms with Gasteiger partial charge in [0, 0.05) is 6.61 Å². The van der Waals surface area contributed by atoms with Crippen LogP contribution in [0.2, 0.25) is 0 Å². The molecule has 0 atom stereocenters. The fourth-order valence-corrected chi connectivity index (χ4v) is 2.69. The minimum absolute atomic E-state index is 0.0344. The molecule has 5 nitrogen and oxygen atoms in total. The van der Waals surface area contributed by atoms with Gasteiger partial charge in [0.2, 0.25) is 0 Å². The summed E-state index contributed by atoms with van der Waals surface area (Å²) < 4.78 is 19.7. The molecule has 0 radical (unpaired) electrons. The highest BCUT2D eigenvalue weighted by Gasteiger charge is 2.38. The van der Waals surface area contributed by atoms with Crippen LogP contribution < -0.4 is 11.3 Å². The fraction of sp³-hybridized carbons (Fsp3) is 0.692. The van der Waals surface area contributed by atoms with Crippen molar-refractivity contribution in [3.63, 3.8) is 0 Å². The van der Waals surface area contributed by atoms with Crippen molar-refractivity contribution >= 4 is 5.82 Å². The van der Waals surface area contributed by atoms with E-state index in [1.54, 1.807) is 6.92 Å². The molecule has 0 bridgehead atoms. The Bertz CT molecular complexity index is 441. The van der Waals surface area contributed by atoms with Crippen molar-refractivity contribution in [3.8, 4) is 0 Å². The average molecular weight is 268 g/mol. The van der Waals surface area contributed by atoms with Crippen LogP contribution >= 0.6 is 0 Å². The van der Waals surface area contributed by atoms with Crippen LogP contribution in [0.25, 0.3) is 0 Å². The molecule has 0 aromatic carbocycles. The summed E-state index contributed by atoms with van der Waals surface area (Å²) in [6, 6.07) is 0. The van der Waals surface area contributed by atoms with Gasteiger partial charge < -0.3 is 10.2 Å². The molecule has 1 aliphatic rings. The maximum absolute atomic E-state index is 13.8. The molecule has 1 fully saturated rings. The minimum atomic E-state index is -0.506. The Labute approximate surface area is 112 Å². The number of ether oxygens (including phenoxy) is 1. The van der Waals surface area contributed by atoms with E-state index in [9.17, 15) is 4.39 Å². The van der Waals surface area contributed by atoms with E-state index in [1.165, 1.54) is 6.42 Å². The van der Waals surface area contributed by atoms with Crippen LogP contribution in [-0.2, 0) is 10.3 Å². The first-order valence-electron chi connectivity index (χ1n) is 6.78. The van der Waals surface area contributed by atoms with Crippen molar-refractivity contribution in [2.75, 3.05) is 12.0 Å². The first kappa shape index (κ1) is 14.1. The number of aromatic nitrogens is 2. The van der Waals surface area contributed by atoms with Gasteiger partial charge in [-0.25, -0.2) is 20.2 Å². The predicted molar refractivity (Wildman–Crippen MR) is 70.9 cm³/mol. The van der Waals surface area contributed by atoms with Gasteiger partial charge >= 0.3 is 0 Å². The third kappa shape index (κ3) is 2.69. The third-order valence-electron chi connectivity index (χ3n) is 3.64. The lowest BCUT2D eigenvalue weighted by Gasteiger charge is -2.35. The Morgan fingerprint density at radius 3 is 2.58 bits per heavy atom. The molecule has 106 valence electrons. The zero-order chi connectivity index (χ0) is 13.9. The number of aryl methyl sites for hydroxylation is 1. The molecular formula is C13H21FN4O. The number of rotatable bonds is 4. The highest BCUT2D eigenvalue weighted by Crippen LogP contribution is 2.39. The minimum Gasteiger partial charge on any atom is -0.367 e. The Morgan fingerprint density at radius 2 is 2.00 bits per heavy atom. The maximum atomic E-state index is 13.8. The molecule has 1 heterocycles. The quantitative estimate of drug-likeness (QED) is 0.648. The second-order valence-electron chi connectivity index (χ2n) is 4.93. The summed E-state index contributed by atoms with van der Waals surface area (Å²) in [7, 11) is 0. The molecule has 1 aromatic rings. The smallest absolute Gasteiger partial charge is 0.187 e. The average Bonchev–Trinajstić information content (AvgIpc) is 2.43. The molecule has 0 aliphatic heterocycles. The van der Waals surface area contributed by atoms with Crippen LogP contribution in [0.3, 0.4) is 0 Å². The topological polar surface area (TPSA) is 73.1 Å². The van der Waals surface area contributed by atoms with Crippen LogP contribution in [0.5, 0.6) is 0 Å². The van der Waals surface area contributed by atoms with Crippen LogP contribution in [0.15, 0.2) is 0 Å². The van der Waals surface area contributed by atoms with Crippen LogP contribution in [0.4, 0.5) is 10.2 Å². The second kappa shape index (κ2) is 5.79. The number of anilines is 1. The molecule has 6 heteroatoms. The summed E-state index contributed by atoms with van der Waals surface area (Å²) in [6.45, 7) is 4.16. The van der Waals surface area contributed by atoms with E-state index in [0.29, 0.717) is 18.1 Å².